The van der Waals surface area contributed by atoms with Crippen molar-refractivity contribution in [1.29, 1.82) is 0 Å². The molecule has 1 aromatic rings. The number of hydrogen-bond acceptors (Lipinski definition) is 2. The van der Waals surface area contributed by atoms with Gasteiger partial charge in [-0.15, -0.1) is 13.2 Å². The van der Waals surface area contributed by atoms with Gasteiger partial charge in [0, 0.05) is 10.2 Å². The van der Waals surface area contributed by atoms with Gasteiger partial charge in [0.05, 0.1) is 3.57 Å². The molecule has 14 heavy (non-hydrogen) atoms. The Morgan fingerprint density at radius 1 is 1.36 bits per heavy atom. The fourth-order valence-electron chi connectivity index (χ4n) is 0.747. The van der Waals surface area contributed by atoms with Crippen LogP contribution in [-0.2, 0) is 0 Å². The molecule has 2 nitrogen and oxygen atoms in total. The van der Waals surface area contributed by atoms with Crippen LogP contribution in [0.5, 0.6) is 5.75 Å². The van der Waals surface area contributed by atoms with Crippen molar-refractivity contribution < 1.29 is 17.9 Å². The highest BCUT2D eigenvalue weighted by atomic mass is 127. The topological polar surface area (TPSA) is 35.2 Å². The summed E-state index contributed by atoms with van der Waals surface area (Å²) in [6.45, 7) is 0. The molecule has 0 amide bonds. The molecule has 2 N–H and O–H groups in total. The minimum absolute atomic E-state index is 0.265. The first-order chi connectivity index (χ1) is 6.29. The molecule has 0 fully saturated rings. The Bertz CT molecular complexity index is 356. The molecular weight excluding hydrogens is 378 g/mol. The second kappa shape index (κ2) is 4.13. The number of alkyl halides is 3. The van der Waals surface area contributed by atoms with E-state index < -0.39 is 6.36 Å². The molecule has 0 bridgehead atoms. The number of rotatable bonds is 1. The van der Waals surface area contributed by atoms with Gasteiger partial charge in [0.25, 0.3) is 0 Å². The minimum Gasteiger partial charge on any atom is -0.405 e. The highest BCUT2D eigenvalue weighted by Gasteiger charge is 2.32. The summed E-state index contributed by atoms with van der Waals surface area (Å²) in [7, 11) is 0. The molecule has 78 valence electrons. The molecule has 1 aromatic carbocycles. The van der Waals surface area contributed by atoms with E-state index >= 15 is 0 Å². The summed E-state index contributed by atoms with van der Waals surface area (Å²) in [5, 5.41) is 0. The molecule has 7 heteroatoms. The number of hydrogen-bond donors (Lipinski definition) is 1. The molecule has 0 saturated carbocycles. The van der Waals surface area contributed by atoms with E-state index in [9.17, 15) is 13.2 Å². The second-order valence-corrected chi connectivity index (χ2v) is 4.37. The number of ether oxygens (including phenoxy) is 1. The zero-order chi connectivity index (χ0) is 10.9. The molecule has 0 aromatic heterocycles. The van der Waals surface area contributed by atoms with Crippen LogP contribution in [0.2, 0.25) is 0 Å². The lowest BCUT2D eigenvalue weighted by atomic mass is 10.3. The lowest BCUT2D eigenvalue weighted by molar-refractivity contribution is -0.275. The summed E-state index contributed by atoms with van der Waals surface area (Å²) in [5.74, 6) is -0.265. The Balaban J connectivity index is 3.04. The summed E-state index contributed by atoms with van der Waals surface area (Å²) in [6, 6.07) is 2.58. The zero-order valence-electron chi connectivity index (χ0n) is 6.53. The third kappa shape index (κ3) is 3.19. The fourth-order valence-corrected chi connectivity index (χ4v) is 1.67. The molecule has 1 rings (SSSR count). The third-order valence-electron chi connectivity index (χ3n) is 1.28. The van der Waals surface area contributed by atoms with Crippen LogP contribution >= 0.6 is 38.5 Å². The van der Waals surface area contributed by atoms with E-state index in [-0.39, 0.29) is 5.75 Å². The normalized spacial score (nSPS) is 11.5. The van der Waals surface area contributed by atoms with E-state index in [1.165, 1.54) is 12.1 Å². The van der Waals surface area contributed by atoms with Gasteiger partial charge in [0.1, 0.15) is 5.75 Å². The Hall–Kier alpha value is -0.180. The average molecular weight is 382 g/mol. The van der Waals surface area contributed by atoms with Gasteiger partial charge in [-0.1, -0.05) is 0 Å². The molecular formula is C7H4BrF3INO. The monoisotopic (exact) mass is 381 g/mol. The van der Waals surface area contributed by atoms with E-state index in [1.807, 2.05) is 0 Å². The molecule has 0 aliphatic rings. The first-order valence-corrected chi connectivity index (χ1v) is 5.17. The molecule has 0 aliphatic heterocycles. The van der Waals surface area contributed by atoms with Gasteiger partial charge in [0.15, 0.2) is 0 Å². The molecule has 0 spiro atoms. The van der Waals surface area contributed by atoms with Gasteiger partial charge in [0.2, 0.25) is 0 Å². The standard InChI is InChI=1S/C7H4BrF3INO/c8-3-1-6(14-7(9,10)11)4(12)2-5(3)13/h1-2H,13H2. The third-order valence-corrected chi connectivity index (χ3v) is 2.81. The first kappa shape index (κ1) is 11.9. The van der Waals surface area contributed by atoms with Gasteiger partial charge in [-0.3, -0.25) is 0 Å². The van der Waals surface area contributed by atoms with Crippen molar-refractivity contribution in [1.82, 2.24) is 0 Å². The van der Waals surface area contributed by atoms with Crippen LogP contribution in [0, 0.1) is 3.57 Å². The predicted octanol–water partition coefficient (Wildman–Crippen LogP) is 3.53. The van der Waals surface area contributed by atoms with Crippen LogP contribution in [0.3, 0.4) is 0 Å². The van der Waals surface area contributed by atoms with Crippen LogP contribution < -0.4 is 10.5 Å². The summed E-state index contributed by atoms with van der Waals surface area (Å²) < 4.78 is 40.1. The number of nitrogen functional groups attached to an aromatic ring is 1. The van der Waals surface area contributed by atoms with Gasteiger partial charge in [-0.05, 0) is 50.7 Å². The Morgan fingerprint density at radius 2 is 1.93 bits per heavy atom. The molecule has 0 heterocycles. The highest BCUT2D eigenvalue weighted by molar-refractivity contribution is 14.1. The summed E-state index contributed by atoms with van der Waals surface area (Å²) in [6.07, 6.45) is -4.69. The average Bonchev–Trinajstić information content (AvgIpc) is 1.97. The minimum atomic E-state index is -4.69. The van der Waals surface area contributed by atoms with E-state index in [4.69, 9.17) is 5.73 Å². The molecule has 0 aliphatic carbocycles. The molecule has 0 radical (unpaired) electrons. The van der Waals surface area contributed by atoms with Gasteiger partial charge in [-0.25, -0.2) is 0 Å². The summed E-state index contributed by atoms with van der Waals surface area (Å²) in [5.41, 5.74) is 5.83. The Kier molecular flexibility index (Phi) is 3.51. The van der Waals surface area contributed by atoms with Crippen LogP contribution in [0.25, 0.3) is 0 Å². The lowest BCUT2D eigenvalue weighted by Crippen LogP contribution is -2.17. The van der Waals surface area contributed by atoms with Gasteiger partial charge in [-0.2, -0.15) is 0 Å². The van der Waals surface area contributed by atoms with Crippen molar-refractivity contribution in [3.63, 3.8) is 0 Å². The van der Waals surface area contributed by atoms with Crippen molar-refractivity contribution in [2.24, 2.45) is 0 Å². The maximum atomic E-state index is 11.9. The Labute approximate surface area is 99.9 Å². The first-order valence-electron chi connectivity index (χ1n) is 3.30. The fraction of sp³-hybridized carbons (Fsp3) is 0.143. The maximum Gasteiger partial charge on any atom is 0.573 e. The van der Waals surface area contributed by atoms with Crippen LogP contribution in [0.1, 0.15) is 0 Å². The van der Waals surface area contributed by atoms with Crippen molar-refractivity contribution in [3.05, 3.63) is 20.2 Å². The van der Waals surface area contributed by atoms with E-state index in [2.05, 4.69) is 20.7 Å². The molecule has 0 unspecified atom stereocenters. The van der Waals surface area contributed by atoms with Gasteiger partial charge >= 0.3 is 6.36 Å². The number of nitrogens with two attached hydrogens (primary N) is 1. The SMILES string of the molecule is Nc1cc(I)c(OC(F)(F)F)cc1Br. The smallest absolute Gasteiger partial charge is 0.405 e. The number of benzene rings is 1. The van der Waals surface area contributed by atoms with Gasteiger partial charge < -0.3 is 10.5 Å². The molecule has 0 atom stereocenters. The van der Waals surface area contributed by atoms with Crippen molar-refractivity contribution in [2.75, 3.05) is 5.73 Å². The van der Waals surface area contributed by atoms with E-state index in [0.717, 1.165) is 0 Å². The van der Waals surface area contributed by atoms with Crippen molar-refractivity contribution in [3.8, 4) is 5.75 Å². The van der Waals surface area contributed by atoms with E-state index in [1.54, 1.807) is 22.6 Å². The second-order valence-electron chi connectivity index (χ2n) is 2.35. The lowest BCUT2D eigenvalue weighted by Gasteiger charge is -2.11. The number of halogens is 5. The maximum absolute atomic E-state index is 11.9. The van der Waals surface area contributed by atoms with E-state index in [0.29, 0.717) is 13.7 Å². The highest BCUT2D eigenvalue weighted by Crippen LogP contribution is 2.33. The summed E-state index contributed by atoms with van der Waals surface area (Å²) in [4.78, 5) is 0. The van der Waals surface area contributed by atoms with Crippen LogP contribution in [-0.4, -0.2) is 6.36 Å². The zero-order valence-corrected chi connectivity index (χ0v) is 10.3. The van der Waals surface area contributed by atoms with Crippen molar-refractivity contribution >= 4 is 44.2 Å². The summed E-state index contributed by atoms with van der Waals surface area (Å²) >= 11 is 4.73. The number of anilines is 1. The predicted molar refractivity (Wildman–Crippen MR) is 58.0 cm³/mol. The quantitative estimate of drug-likeness (QED) is 0.596. The Morgan fingerprint density at radius 3 is 2.43 bits per heavy atom. The largest absolute Gasteiger partial charge is 0.573 e. The van der Waals surface area contributed by atoms with Crippen LogP contribution in [0.4, 0.5) is 18.9 Å². The molecule has 0 saturated heterocycles. The van der Waals surface area contributed by atoms with Crippen molar-refractivity contribution in [2.45, 2.75) is 6.36 Å². The van der Waals surface area contributed by atoms with Crippen LogP contribution in [0.15, 0.2) is 16.6 Å².